The minimum Gasteiger partial charge on any atom is -0.325 e. The van der Waals surface area contributed by atoms with Crippen molar-refractivity contribution in [2.45, 2.75) is 4.90 Å². The molecular weight excluding hydrogens is 520 g/mol. The monoisotopic (exact) mass is 542 g/mol. The number of rotatable bonds is 9. The summed E-state index contributed by atoms with van der Waals surface area (Å²) in [6.07, 6.45) is 4.78. The first-order chi connectivity index (χ1) is 18.5. The summed E-state index contributed by atoms with van der Waals surface area (Å²) in [5, 5.41) is 8.85. The molecule has 190 valence electrons. The van der Waals surface area contributed by atoms with Crippen LogP contribution in [0, 0.1) is 0 Å². The average Bonchev–Trinajstić information content (AvgIpc) is 2.93. The maximum atomic E-state index is 13.1. The molecule has 4 aromatic rings. The number of carbonyl (C=O) groups excluding carboxylic acids is 3. The smallest absolute Gasteiger partial charge is 0.272 e. The Labute approximate surface area is 229 Å². The van der Waals surface area contributed by atoms with Gasteiger partial charge in [0.25, 0.3) is 11.8 Å². The van der Waals surface area contributed by atoms with Crippen molar-refractivity contribution < 1.29 is 14.4 Å². The number of anilines is 2. The van der Waals surface area contributed by atoms with Crippen LogP contribution >= 0.6 is 23.4 Å². The van der Waals surface area contributed by atoms with Gasteiger partial charge >= 0.3 is 0 Å². The molecule has 1 heterocycles. The van der Waals surface area contributed by atoms with Gasteiger partial charge in [0.1, 0.15) is 5.70 Å². The Morgan fingerprint density at radius 1 is 0.842 bits per heavy atom. The number of nitrogens with zero attached hydrogens (tertiary/aromatic N) is 1. The first-order valence-corrected chi connectivity index (χ1v) is 12.9. The zero-order valence-corrected chi connectivity index (χ0v) is 21.6. The topological polar surface area (TPSA) is 100 Å². The number of pyridine rings is 1. The molecule has 3 aromatic carbocycles. The summed E-state index contributed by atoms with van der Waals surface area (Å²) in [6.45, 7) is 0. The number of aromatic nitrogens is 1. The average molecular weight is 543 g/mol. The van der Waals surface area contributed by atoms with E-state index >= 15 is 0 Å². The van der Waals surface area contributed by atoms with E-state index in [1.54, 1.807) is 103 Å². The third kappa shape index (κ3) is 8.06. The number of hydrogen-bond acceptors (Lipinski definition) is 5. The predicted molar refractivity (Wildman–Crippen MR) is 152 cm³/mol. The van der Waals surface area contributed by atoms with Crippen LogP contribution < -0.4 is 16.0 Å². The first kappa shape index (κ1) is 26.7. The van der Waals surface area contributed by atoms with Gasteiger partial charge in [-0.15, -0.1) is 11.8 Å². The van der Waals surface area contributed by atoms with Crippen LogP contribution in [0.4, 0.5) is 11.4 Å². The summed E-state index contributed by atoms with van der Waals surface area (Å²) in [6, 6.07) is 26.2. The number of amides is 3. The van der Waals surface area contributed by atoms with Crippen LogP contribution in [-0.2, 0) is 9.59 Å². The van der Waals surface area contributed by atoms with E-state index in [1.807, 2.05) is 6.07 Å². The summed E-state index contributed by atoms with van der Waals surface area (Å²) in [5.74, 6) is -0.839. The van der Waals surface area contributed by atoms with E-state index in [9.17, 15) is 14.4 Å². The molecule has 0 atom stereocenters. The van der Waals surface area contributed by atoms with Crippen molar-refractivity contribution in [2.24, 2.45) is 0 Å². The van der Waals surface area contributed by atoms with Crippen LogP contribution in [0.5, 0.6) is 0 Å². The zero-order valence-electron chi connectivity index (χ0n) is 20.1. The number of nitrogens with one attached hydrogen (secondary N) is 3. The summed E-state index contributed by atoms with van der Waals surface area (Å²) < 4.78 is 0. The fraction of sp³-hybridized carbons (Fsp3) is 0.0345. The van der Waals surface area contributed by atoms with E-state index in [0.717, 1.165) is 4.90 Å². The van der Waals surface area contributed by atoms with Crippen LogP contribution in [0.1, 0.15) is 15.9 Å². The Kier molecular flexibility index (Phi) is 9.28. The SMILES string of the molecule is O=C(CSc1ccc(NC(=O)/C(=C/c2cccnc2)NC(=O)c2ccccc2)cc1)Nc1cccc(Cl)c1. The highest BCUT2D eigenvalue weighted by atomic mass is 35.5. The molecule has 1 aromatic heterocycles. The standard InChI is InChI=1S/C29H23ClN4O3S/c30-22-9-4-10-24(17-22)32-27(35)19-38-25-13-11-23(12-14-25)33-29(37)26(16-20-6-5-15-31-18-20)34-28(36)21-7-2-1-3-8-21/h1-18H,19H2,(H,32,35)(H,33,37)(H,34,36)/b26-16-. The van der Waals surface area contributed by atoms with Crippen molar-refractivity contribution >= 4 is 58.5 Å². The number of halogens is 1. The van der Waals surface area contributed by atoms with Crippen LogP contribution in [0.25, 0.3) is 6.08 Å². The Morgan fingerprint density at radius 3 is 2.34 bits per heavy atom. The van der Waals surface area contributed by atoms with Gasteiger partial charge in [0.15, 0.2) is 0 Å². The minimum atomic E-state index is -0.487. The molecule has 3 N–H and O–H groups in total. The van der Waals surface area contributed by atoms with Crippen molar-refractivity contribution in [1.82, 2.24) is 10.3 Å². The lowest BCUT2D eigenvalue weighted by molar-refractivity contribution is -0.114. The molecule has 0 aliphatic carbocycles. The van der Waals surface area contributed by atoms with E-state index in [0.29, 0.717) is 27.5 Å². The Hall–Kier alpha value is -4.40. The van der Waals surface area contributed by atoms with Crippen molar-refractivity contribution in [2.75, 3.05) is 16.4 Å². The van der Waals surface area contributed by atoms with Crippen molar-refractivity contribution in [1.29, 1.82) is 0 Å². The van der Waals surface area contributed by atoms with E-state index in [-0.39, 0.29) is 17.4 Å². The highest BCUT2D eigenvalue weighted by Gasteiger charge is 2.15. The van der Waals surface area contributed by atoms with Gasteiger partial charge in [0.05, 0.1) is 5.75 Å². The molecule has 3 amide bonds. The molecule has 38 heavy (non-hydrogen) atoms. The number of benzene rings is 3. The molecule has 0 saturated heterocycles. The molecule has 9 heteroatoms. The summed E-state index contributed by atoms with van der Waals surface area (Å²) in [5.41, 5.74) is 2.33. The highest BCUT2D eigenvalue weighted by molar-refractivity contribution is 8.00. The molecule has 4 rings (SSSR count). The molecule has 0 aliphatic rings. The van der Waals surface area contributed by atoms with Gasteiger partial charge in [-0.25, -0.2) is 0 Å². The second-order valence-electron chi connectivity index (χ2n) is 7.99. The predicted octanol–water partition coefficient (Wildman–Crippen LogP) is 5.88. The number of thioether (sulfide) groups is 1. The number of hydrogen-bond donors (Lipinski definition) is 3. The molecule has 0 bridgehead atoms. The quantitative estimate of drug-likeness (QED) is 0.181. The molecule has 7 nitrogen and oxygen atoms in total. The summed E-state index contributed by atoms with van der Waals surface area (Å²) in [7, 11) is 0. The van der Waals surface area contributed by atoms with Crippen LogP contribution in [-0.4, -0.2) is 28.5 Å². The molecule has 0 saturated carbocycles. The van der Waals surface area contributed by atoms with E-state index in [2.05, 4.69) is 20.9 Å². The third-order valence-corrected chi connectivity index (χ3v) is 6.36. The van der Waals surface area contributed by atoms with Crippen molar-refractivity contribution in [3.05, 3.63) is 125 Å². The van der Waals surface area contributed by atoms with Crippen molar-refractivity contribution in [3.8, 4) is 0 Å². The van der Waals surface area contributed by atoms with Crippen LogP contribution in [0.15, 0.2) is 114 Å². The molecule has 0 radical (unpaired) electrons. The minimum absolute atomic E-state index is 0.0722. The van der Waals surface area contributed by atoms with Gasteiger partial charge in [-0.05, 0) is 72.3 Å². The lowest BCUT2D eigenvalue weighted by Crippen LogP contribution is -2.30. The third-order valence-electron chi connectivity index (χ3n) is 5.11. The molecule has 0 spiro atoms. The second kappa shape index (κ2) is 13.2. The molecule has 0 aliphatic heterocycles. The Balaban J connectivity index is 1.38. The van der Waals surface area contributed by atoms with E-state index < -0.39 is 11.8 Å². The van der Waals surface area contributed by atoms with Gasteiger partial charge in [-0.3, -0.25) is 19.4 Å². The van der Waals surface area contributed by atoms with E-state index in [1.165, 1.54) is 11.8 Å². The highest BCUT2D eigenvalue weighted by Crippen LogP contribution is 2.22. The zero-order chi connectivity index (χ0) is 26.7. The second-order valence-corrected chi connectivity index (χ2v) is 9.48. The van der Waals surface area contributed by atoms with E-state index in [4.69, 9.17) is 11.6 Å². The van der Waals surface area contributed by atoms with Gasteiger partial charge < -0.3 is 16.0 Å². The van der Waals surface area contributed by atoms with Gasteiger partial charge in [-0.2, -0.15) is 0 Å². The Bertz CT molecular complexity index is 1450. The van der Waals surface area contributed by atoms with Gasteiger partial charge in [0, 0.05) is 39.3 Å². The Morgan fingerprint density at radius 2 is 1.63 bits per heavy atom. The molecule has 0 fully saturated rings. The summed E-state index contributed by atoms with van der Waals surface area (Å²) >= 11 is 7.31. The number of carbonyl (C=O) groups is 3. The fourth-order valence-corrected chi connectivity index (χ4v) is 4.20. The van der Waals surface area contributed by atoms with Crippen LogP contribution in [0.3, 0.4) is 0 Å². The fourth-order valence-electron chi connectivity index (χ4n) is 3.32. The lowest BCUT2D eigenvalue weighted by Gasteiger charge is -2.12. The van der Waals surface area contributed by atoms with Gasteiger partial charge in [-0.1, -0.05) is 41.9 Å². The molecular formula is C29H23ClN4O3S. The van der Waals surface area contributed by atoms with Crippen LogP contribution in [0.2, 0.25) is 5.02 Å². The summed E-state index contributed by atoms with van der Waals surface area (Å²) in [4.78, 5) is 43.0. The van der Waals surface area contributed by atoms with Gasteiger partial charge in [0.2, 0.25) is 5.91 Å². The first-order valence-electron chi connectivity index (χ1n) is 11.5. The van der Waals surface area contributed by atoms with Crippen molar-refractivity contribution in [3.63, 3.8) is 0 Å². The largest absolute Gasteiger partial charge is 0.325 e. The lowest BCUT2D eigenvalue weighted by atomic mass is 10.2. The normalized spacial score (nSPS) is 10.9. The molecule has 0 unspecified atom stereocenters. The maximum absolute atomic E-state index is 13.1. The maximum Gasteiger partial charge on any atom is 0.272 e.